The van der Waals surface area contributed by atoms with E-state index < -0.39 is 0 Å². The maximum absolute atomic E-state index is 4.22. The molecule has 0 fully saturated rings. The SMILES string of the molecule is C=C(C)/C=C\C(=C)c1ccc(N(c2ccc(-c3ccccc3)cc2)c2ccc(-c3ccccc3)cc2)cc1. The molecule has 0 bridgehead atoms. The summed E-state index contributed by atoms with van der Waals surface area (Å²) < 4.78 is 0. The van der Waals surface area contributed by atoms with Crippen molar-refractivity contribution in [3.8, 4) is 22.3 Å². The first kappa shape index (κ1) is 24.8. The van der Waals surface area contributed by atoms with E-state index in [4.69, 9.17) is 0 Å². The predicted octanol–water partition coefficient (Wildman–Crippen LogP) is 10.6. The minimum absolute atomic E-state index is 0.963. The number of hydrogen-bond donors (Lipinski definition) is 0. The lowest BCUT2D eigenvalue weighted by Crippen LogP contribution is -2.09. The average Bonchev–Trinajstić information content (AvgIpc) is 2.98. The Bertz CT molecular complexity index is 1460. The molecule has 5 aromatic rings. The summed E-state index contributed by atoms with van der Waals surface area (Å²) in [6, 6.07) is 47.1. The van der Waals surface area contributed by atoms with E-state index in [0.29, 0.717) is 0 Å². The molecule has 0 atom stereocenters. The predicted molar refractivity (Wildman–Crippen MR) is 165 cm³/mol. The van der Waals surface area contributed by atoms with Gasteiger partial charge in [-0.05, 0) is 76.7 Å². The number of nitrogens with zero attached hydrogens (tertiary/aromatic N) is 1. The third-order valence-corrected chi connectivity index (χ3v) is 6.53. The van der Waals surface area contributed by atoms with E-state index in [0.717, 1.165) is 33.8 Å². The van der Waals surface area contributed by atoms with Crippen LogP contribution in [0.2, 0.25) is 0 Å². The van der Waals surface area contributed by atoms with Crippen LogP contribution in [0.5, 0.6) is 0 Å². The van der Waals surface area contributed by atoms with E-state index in [9.17, 15) is 0 Å². The standard InChI is InChI=1S/C37H31N/c1-28(2)14-15-29(3)30-16-22-35(23-17-30)38(36-24-18-33(19-25-36)31-10-6-4-7-11-31)37-26-20-34(21-27-37)32-12-8-5-9-13-32/h4-27H,1,3H2,2H3/b15-14-. The summed E-state index contributed by atoms with van der Waals surface area (Å²) >= 11 is 0. The van der Waals surface area contributed by atoms with Gasteiger partial charge in [0.1, 0.15) is 0 Å². The number of benzene rings is 5. The molecule has 0 heterocycles. The maximum atomic E-state index is 4.22. The van der Waals surface area contributed by atoms with Gasteiger partial charge in [-0.3, -0.25) is 0 Å². The Balaban J connectivity index is 1.51. The monoisotopic (exact) mass is 489 g/mol. The molecule has 0 saturated heterocycles. The van der Waals surface area contributed by atoms with E-state index >= 15 is 0 Å². The molecule has 0 unspecified atom stereocenters. The molecule has 0 aliphatic heterocycles. The molecule has 1 nitrogen and oxygen atoms in total. The fraction of sp³-hybridized carbons (Fsp3) is 0.0270. The van der Waals surface area contributed by atoms with Crippen molar-refractivity contribution in [2.24, 2.45) is 0 Å². The van der Waals surface area contributed by atoms with Crippen molar-refractivity contribution in [3.63, 3.8) is 0 Å². The van der Waals surface area contributed by atoms with Gasteiger partial charge < -0.3 is 4.90 Å². The van der Waals surface area contributed by atoms with Crippen molar-refractivity contribution in [1.29, 1.82) is 0 Å². The van der Waals surface area contributed by atoms with Crippen LogP contribution in [0, 0.1) is 0 Å². The van der Waals surface area contributed by atoms with Crippen LogP contribution >= 0.6 is 0 Å². The smallest absolute Gasteiger partial charge is 0.0462 e. The lowest BCUT2D eigenvalue weighted by atomic mass is 10.0. The molecular weight excluding hydrogens is 458 g/mol. The first-order chi connectivity index (χ1) is 18.6. The molecule has 0 N–H and O–H groups in total. The van der Waals surface area contributed by atoms with E-state index in [1.807, 2.05) is 31.2 Å². The molecule has 1 heteroatoms. The Morgan fingerprint density at radius 2 is 0.842 bits per heavy atom. The van der Waals surface area contributed by atoms with Crippen molar-refractivity contribution in [1.82, 2.24) is 0 Å². The lowest BCUT2D eigenvalue weighted by Gasteiger charge is -2.26. The zero-order valence-electron chi connectivity index (χ0n) is 21.7. The van der Waals surface area contributed by atoms with Crippen molar-refractivity contribution in [2.75, 3.05) is 4.90 Å². The van der Waals surface area contributed by atoms with Crippen LogP contribution in [-0.2, 0) is 0 Å². The van der Waals surface area contributed by atoms with Crippen LogP contribution in [0.1, 0.15) is 12.5 Å². The molecular formula is C37H31N. The number of hydrogen-bond acceptors (Lipinski definition) is 1. The van der Waals surface area contributed by atoms with Crippen molar-refractivity contribution >= 4 is 22.6 Å². The second kappa shape index (κ2) is 11.5. The topological polar surface area (TPSA) is 3.24 Å². The molecule has 38 heavy (non-hydrogen) atoms. The van der Waals surface area contributed by atoms with Gasteiger partial charge in [-0.1, -0.05) is 128 Å². The number of allylic oxidation sites excluding steroid dienone is 4. The third-order valence-electron chi connectivity index (χ3n) is 6.53. The van der Waals surface area contributed by atoms with Gasteiger partial charge in [0.05, 0.1) is 0 Å². The van der Waals surface area contributed by atoms with Crippen molar-refractivity contribution in [2.45, 2.75) is 6.92 Å². The Morgan fingerprint density at radius 3 is 1.24 bits per heavy atom. The van der Waals surface area contributed by atoms with E-state index in [1.165, 1.54) is 22.3 Å². The largest absolute Gasteiger partial charge is 0.311 e. The Morgan fingerprint density at radius 1 is 0.474 bits per heavy atom. The normalized spacial score (nSPS) is 10.9. The molecule has 5 aromatic carbocycles. The van der Waals surface area contributed by atoms with Gasteiger partial charge in [-0.25, -0.2) is 0 Å². The minimum Gasteiger partial charge on any atom is -0.311 e. The molecule has 0 amide bonds. The maximum Gasteiger partial charge on any atom is 0.0462 e. The average molecular weight is 490 g/mol. The minimum atomic E-state index is 0.963. The molecule has 0 spiro atoms. The first-order valence-corrected chi connectivity index (χ1v) is 12.8. The van der Waals surface area contributed by atoms with Gasteiger partial charge in [0, 0.05) is 17.1 Å². The number of rotatable bonds is 8. The second-order valence-corrected chi connectivity index (χ2v) is 9.41. The molecule has 0 aromatic heterocycles. The Labute approximate surface area is 226 Å². The van der Waals surface area contributed by atoms with Gasteiger partial charge in [0.2, 0.25) is 0 Å². The fourth-order valence-corrected chi connectivity index (χ4v) is 4.48. The highest BCUT2D eigenvalue weighted by Gasteiger charge is 2.13. The van der Waals surface area contributed by atoms with E-state index in [-0.39, 0.29) is 0 Å². The van der Waals surface area contributed by atoms with Crippen LogP contribution in [0.3, 0.4) is 0 Å². The summed E-state index contributed by atoms with van der Waals surface area (Å²) in [5.74, 6) is 0. The van der Waals surface area contributed by atoms with E-state index in [1.54, 1.807) is 0 Å². The van der Waals surface area contributed by atoms with Gasteiger partial charge in [0.15, 0.2) is 0 Å². The van der Waals surface area contributed by atoms with Gasteiger partial charge in [-0.15, -0.1) is 0 Å². The summed E-state index contributed by atoms with van der Waals surface area (Å²) in [7, 11) is 0. The van der Waals surface area contributed by atoms with Crippen LogP contribution in [-0.4, -0.2) is 0 Å². The molecule has 0 radical (unpaired) electrons. The Hall–Kier alpha value is -4.88. The quantitative estimate of drug-likeness (QED) is 0.196. The van der Waals surface area contributed by atoms with E-state index in [2.05, 4.69) is 139 Å². The van der Waals surface area contributed by atoms with Gasteiger partial charge in [-0.2, -0.15) is 0 Å². The molecule has 184 valence electrons. The highest BCUT2D eigenvalue weighted by molar-refractivity contribution is 5.81. The second-order valence-electron chi connectivity index (χ2n) is 9.41. The van der Waals surface area contributed by atoms with Crippen molar-refractivity contribution in [3.05, 3.63) is 170 Å². The lowest BCUT2D eigenvalue weighted by molar-refractivity contribution is 1.28. The van der Waals surface area contributed by atoms with Crippen LogP contribution in [0.4, 0.5) is 17.1 Å². The first-order valence-electron chi connectivity index (χ1n) is 12.8. The molecule has 5 rings (SSSR count). The number of anilines is 3. The summed E-state index contributed by atoms with van der Waals surface area (Å²) in [6.45, 7) is 10.1. The molecule has 0 aliphatic carbocycles. The molecule has 0 saturated carbocycles. The zero-order valence-corrected chi connectivity index (χ0v) is 21.7. The van der Waals surface area contributed by atoms with Gasteiger partial charge >= 0.3 is 0 Å². The highest BCUT2D eigenvalue weighted by atomic mass is 15.1. The highest BCUT2D eigenvalue weighted by Crippen LogP contribution is 2.37. The Kier molecular flexibility index (Phi) is 7.47. The summed E-state index contributed by atoms with van der Waals surface area (Å²) in [5, 5.41) is 0. The third kappa shape index (κ3) is 5.74. The summed E-state index contributed by atoms with van der Waals surface area (Å²) in [4.78, 5) is 2.29. The fourth-order valence-electron chi connectivity index (χ4n) is 4.48. The van der Waals surface area contributed by atoms with Crippen LogP contribution in [0.15, 0.2) is 164 Å². The van der Waals surface area contributed by atoms with Gasteiger partial charge in [0.25, 0.3) is 0 Å². The van der Waals surface area contributed by atoms with Crippen molar-refractivity contribution < 1.29 is 0 Å². The van der Waals surface area contributed by atoms with Crippen LogP contribution in [0.25, 0.3) is 27.8 Å². The van der Waals surface area contributed by atoms with Crippen LogP contribution < -0.4 is 4.90 Å². The molecule has 0 aliphatic rings. The summed E-state index contributed by atoms with van der Waals surface area (Å²) in [6.07, 6.45) is 4.00. The summed E-state index contributed by atoms with van der Waals surface area (Å²) in [5.41, 5.74) is 11.2. The zero-order chi connectivity index (χ0) is 26.3.